The number of aromatic nitrogens is 2. The quantitative estimate of drug-likeness (QED) is 0.855. The molecule has 0 saturated heterocycles. The predicted molar refractivity (Wildman–Crippen MR) is 93.4 cm³/mol. The number of benzene rings is 1. The Hall–Kier alpha value is -2.76. The molecule has 0 N–H and O–H groups in total. The molecule has 0 bridgehead atoms. The molecule has 1 unspecified atom stereocenters. The Labute approximate surface area is 147 Å². The van der Waals surface area contributed by atoms with Crippen molar-refractivity contribution in [1.29, 1.82) is 0 Å². The van der Waals surface area contributed by atoms with Gasteiger partial charge in [0.25, 0.3) is 0 Å². The van der Waals surface area contributed by atoms with Crippen molar-refractivity contribution in [2.45, 2.75) is 32.4 Å². The molecule has 2 aromatic rings. The molecule has 0 saturated carbocycles. The molecule has 0 aliphatic carbocycles. The van der Waals surface area contributed by atoms with Crippen LogP contribution in [0.1, 0.15) is 36.2 Å². The largest absolute Gasteiger partial charge is 0.340 e. The minimum absolute atomic E-state index is 0.00359. The molecule has 1 atom stereocenters. The van der Waals surface area contributed by atoms with E-state index in [1.165, 1.54) is 5.56 Å². The zero-order valence-corrected chi connectivity index (χ0v) is 14.6. The van der Waals surface area contributed by atoms with Crippen LogP contribution in [0.5, 0.6) is 0 Å². The summed E-state index contributed by atoms with van der Waals surface area (Å²) in [5.41, 5.74) is 3.03. The van der Waals surface area contributed by atoms with Gasteiger partial charge in [-0.15, -0.1) is 0 Å². The van der Waals surface area contributed by atoms with Gasteiger partial charge in [0.2, 0.25) is 11.8 Å². The zero-order chi connectivity index (χ0) is 17.8. The van der Waals surface area contributed by atoms with Crippen LogP contribution < -0.4 is 0 Å². The van der Waals surface area contributed by atoms with E-state index >= 15 is 0 Å². The van der Waals surface area contributed by atoms with Gasteiger partial charge in [0.05, 0.1) is 30.9 Å². The summed E-state index contributed by atoms with van der Waals surface area (Å²) in [5, 5.41) is 0. The van der Waals surface area contributed by atoms with Crippen LogP contribution in [0.25, 0.3) is 0 Å². The van der Waals surface area contributed by atoms with Crippen LogP contribution in [0.4, 0.5) is 0 Å². The van der Waals surface area contributed by atoms with Crippen molar-refractivity contribution in [1.82, 2.24) is 19.8 Å². The van der Waals surface area contributed by atoms with Gasteiger partial charge in [0, 0.05) is 32.9 Å². The first-order valence-electron chi connectivity index (χ1n) is 8.40. The molecule has 3 rings (SSSR count). The van der Waals surface area contributed by atoms with Gasteiger partial charge in [0.15, 0.2) is 0 Å². The molecule has 0 spiro atoms. The number of rotatable bonds is 4. The van der Waals surface area contributed by atoms with Crippen LogP contribution in [0.3, 0.4) is 0 Å². The predicted octanol–water partition coefficient (Wildman–Crippen LogP) is 1.97. The van der Waals surface area contributed by atoms with Crippen LogP contribution in [-0.2, 0) is 22.6 Å². The molecule has 25 heavy (non-hydrogen) atoms. The minimum atomic E-state index is -0.209. The summed E-state index contributed by atoms with van der Waals surface area (Å²) >= 11 is 0. The Morgan fingerprint density at radius 3 is 2.80 bits per heavy atom. The number of amides is 2. The second kappa shape index (κ2) is 7.42. The molecule has 1 aromatic heterocycles. The third-order valence-electron chi connectivity index (χ3n) is 4.63. The fourth-order valence-electron chi connectivity index (χ4n) is 3.31. The lowest BCUT2D eigenvalue weighted by molar-refractivity contribution is -0.136. The zero-order valence-electron chi connectivity index (χ0n) is 14.6. The molecule has 0 radical (unpaired) electrons. The third kappa shape index (κ3) is 3.84. The van der Waals surface area contributed by atoms with Crippen LogP contribution >= 0.6 is 0 Å². The number of hydrogen-bond donors (Lipinski definition) is 0. The highest BCUT2D eigenvalue weighted by Gasteiger charge is 2.31. The molecular weight excluding hydrogens is 316 g/mol. The summed E-state index contributed by atoms with van der Waals surface area (Å²) in [6, 6.07) is 7.85. The fourth-order valence-corrected chi connectivity index (χ4v) is 3.31. The number of carbonyl (C=O) groups is 2. The normalized spacial score (nSPS) is 16.2. The van der Waals surface area contributed by atoms with Crippen LogP contribution in [0.15, 0.2) is 42.9 Å². The van der Waals surface area contributed by atoms with E-state index in [9.17, 15) is 9.59 Å². The van der Waals surface area contributed by atoms with Crippen molar-refractivity contribution in [3.05, 3.63) is 59.7 Å². The minimum Gasteiger partial charge on any atom is -0.340 e. The van der Waals surface area contributed by atoms with E-state index in [2.05, 4.69) is 16.0 Å². The highest BCUT2D eigenvalue weighted by atomic mass is 16.2. The maximum atomic E-state index is 12.7. The Bertz CT molecular complexity index is 763. The lowest BCUT2D eigenvalue weighted by Crippen LogP contribution is -2.41. The average Bonchev–Trinajstić information content (AvgIpc) is 2.62. The summed E-state index contributed by atoms with van der Waals surface area (Å²) in [5.74, 6) is -0.0116. The third-order valence-corrected chi connectivity index (χ3v) is 4.63. The van der Waals surface area contributed by atoms with E-state index < -0.39 is 0 Å². The standard InChI is InChI=1S/C19H22N4O2/c1-14(24)23-10-7-15-5-3-4-6-17(15)18(23)11-19(25)22(2)13-16-12-20-8-9-21-16/h3-6,8-9,12,18H,7,10-11,13H2,1-2H3. The van der Waals surface area contributed by atoms with Crippen LogP contribution in [0.2, 0.25) is 0 Å². The summed E-state index contributed by atoms with van der Waals surface area (Å²) in [6.07, 6.45) is 5.97. The monoisotopic (exact) mass is 338 g/mol. The van der Waals surface area contributed by atoms with Crippen molar-refractivity contribution in [2.24, 2.45) is 0 Å². The number of carbonyl (C=O) groups excluding carboxylic acids is 2. The van der Waals surface area contributed by atoms with Gasteiger partial charge in [-0.25, -0.2) is 0 Å². The maximum absolute atomic E-state index is 12.7. The highest BCUT2D eigenvalue weighted by Crippen LogP contribution is 2.32. The van der Waals surface area contributed by atoms with Gasteiger partial charge in [-0.1, -0.05) is 24.3 Å². The lowest BCUT2D eigenvalue weighted by atomic mass is 9.90. The van der Waals surface area contributed by atoms with E-state index in [1.807, 2.05) is 18.2 Å². The molecule has 0 fully saturated rings. The van der Waals surface area contributed by atoms with Crippen LogP contribution in [-0.4, -0.2) is 45.2 Å². The van der Waals surface area contributed by atoms with Gasteiger partial charge < -0.3 is 9.80 Å². The highest BCUT2D eigenvalue weighted by molar-refractivity contribution is 5.79. The molecule has 1 aromatic carbocycles. The van der Waals surface area contributed by atoms with Crippen molar-refractivity contribution in [3.8, 4) is 0 Å². The van der Waals surface area contributed by atoms with E-state index in [0.717, 1.165) is 17.7 Å². The first kappa shape index (κ1) is 17.1. The van der Waals surface area contributed by atoms with E-state index in [-0.39, 0.29) is 24.3 Å². The molecule has 6 nitrogen and oxygen atoms in total. The Balaban J connectivity index is 1.76. The smallest absolute Gasteiger partial charge is 0.225 e. The average molecular weight is 338 g/mol. The molecule has 6 heteroatoms. The van der Waals surface area contributed by atoms with E-state index in [1.54, 1.807) is 42.4 Å². The maximum Gasteiger partial charge on any atom is 0.225 e. The SMILES string of the molecule is CC(=O)N1CCc2ccccc2C1CC(=O)N(C)Cc1cnccn1. The van der Waals surface area contributed by atoms with E-state index in [4.69, 9.17) is 0 Å². The molecule has 130 valence electrons. The van der Waals surface area contributed by atoms with E-state index in [0.29, 0.717) is 13.1 Å². The first-order chi connectivity index (χ1) is 12.1. The van der Waals surface area contributed by atoms with Gasteiger partial charge in [-0.2, -0.15) is 0 Å². The Kier molecular flexibility index (Phi) is 5.07. The Morgan fingerprint density at radius 2 is 2.08 bits per heavy atom. The topological polar surface area (TPSA) is 66.4 Å². The van der Waals surface area contributed by atoms with Crippen molar-refractivity contribution in [2.75, 3.05) is 13.6 Å². The number of nitrogens with zero attached hydrogens (tertiary/aromatic N) is 4. The summed E-state index contributed by atoms with van der Waals surface area (Å²) < 4.78 is 0. The van der Waals surface area contributed by atoms with Gasteiger partial charge in [-0.3, -0.25) is 19.6 Å². The molecular formula is C19H22N4O2. The van der Waals surface area contributed by atoms with Crippen molar-refractivity contribution >= 4 is 11.8 Å². The first-order valence-corrected chi connectivity index (χ1v) is 8.40. The van der Waals surface area contributed by atoms with Crippen molar-refractivity contribution in [3.63, 3.8) is 0 Å². The van der Waals surface area contributed by atoms with Gasteiger partial charge in [0.1, 0.15) is 0 Å². The van der Waals surface area contributed by atoms with Crippen molar-refractivity contribution < 1.29 is 9.59 Å². The Morgan fingerprint density at radius 1 is 1.28 bits per heavy atom. The fraction of sp³-hybridized carbons (Fsp3) is 0.368. The second-order valence-electron chi connectivity index (χ2n) is 6.33. The lowest BCUT2D eigenvalue weighted by Gasteiger charge is -2.37. The molecule has 1 aliphatic rings. The summed E-state index contributed by atoms with van der Waals surface area (Å²) in [6.45, 7) is 2.62. The van der Waals surface area contributed by atoms with Gasteiger partial charge >= 0.3 is 0 Å². The molecule has 2 heterocycles. The summed E-state index contributed by atoms with van der Waals surface area (Å²) in [7, 11) is 1.75. The second-order valence-corrected chi connectivity index (χ2v) is 6.33. The molecule has 2 amide bonds. The summed E-state index contributed by atoms with van der Waals surface area (Å²) in [4.78, 5) is 36.4. The number of hydrogen-bond acceptors (Lipinski definition) is 4. The molecule has 1 aliphatic heterocycles. The van der Waals surface area contributed by atoms with Crippen LogP contribution in [0, 0.1) is 0 Å². The van der Waals surface area contributed by atoms with Gasteiger partial charge in [-0.05, 0) is 17.5 Å². The number of fused-ring (bicyclic) bond motifs is 1.